The zero-order valence-electron chi connectivity index (χ0n) is 7.33. The van der Waals surface area contributed by atoms with Gasteiger partial charge in [0.25, 0.3) is 0 Å². The van der Waals surface area contributed by atoms with E-state index >= 15 is 0 Å². The van der Waals surface area contributed by atoms with Crippen molar-refractivity contribution in [1.82, 2.24) is 4.72 Å². The van der Waals surface area contributed by atoms with Gasteiger partial charge in [0.15, 0.2) is 0 Å². The van der Waals surface area contributed by atoms with E-state index in [1.807, 2.05) is 11.6 Å². The number of nitrogens with one attached hydrogen (secondary N) is 1. The van der Waals surface area contributed by atoms with Crippen molar-refractivity contribution in [1.29, 1.82) is 0 Å². The fourth-order valence-corrected chi connectivity index (χ4v) is 1.89. The molecule has 0 spiro atoms. The second-order valence-corrected chi connectivity index (χ2v) is 4.90. The molecule has 0 aromatic carbocycles. The molecule has 2 unspecified atom stereocenters. The Labute approximate surface area is 78.2 Å². The Morgan fingerprint density at radius 3 is 2.33 bits per heavy atom. The van der Waals surface area contributed by atoms with Crippen LogP contribution in [0.4, 0.5) is 0 Å². The van der Waals surface area contributed by atoms with Crippen molar-refractivity contribution in [3.8, 4) is 0 Å². The molecule has 0 aromatic heterocycles. The molecule has 0 aliphatic carbocycles. The highest BCUT2D eigenvalue weighted by atomic mass is 35.5. The van der Waals surface area contributed by atoms with Crippen LogP contribution in [0.1, 0.15) is 27.2 Å². The Morgan fingerprint density at radius 2 is 2.08 bits per heavy atom. The van der Waals surface area contributed by atoms with Gasteiger partial charge in [-0.2, -0.15) is 13.1 Å². The van der Waals surface area contributed by atoms with Crippen molar-refractivity contribution < 1.29 is 13.0 Å². The van der Waals surface area contributed by atoms with Crippen LogP contribution in [0.25, 0.3) is 0 Å². The van der Waals surface area contributed by atoms with E-state index in [1.165, 1.54) is 6.92 Å². The zero-order valence-corrected chi connectivity index (χ0v) is 8.91. The number of halogens is 1. The number of hydrogen-bond acceptors (Lipinski definition) is 2. The quantitative estimate of drug-likeness (QED) is 0.423. The van der Waals surface area contributed by atoms with Gasteiger partial charge in [0.05, 0.1) is 0 Å². The maximum absolute atomic E-state index is 10.4. The van der Waals surface area contributed by atoms with Crippen LogP contribution in [0.5, 0.6) is 0 Å². The fraction of sp³-hybridized carbons (Fsp3) is 1.00. The van der Waals surface area contributed by atoms with Gasteiger partial charge in [-0.25, -0.2) is 0 Å². The van der Waals surface area contributed by atoms with E-state index in [2.05, 4.69) is 0 Å². The lowest BCUT2D eigenvalue weighted by molar-refractivity contribution is 0.366. The Bertz CT molecular complexity index is 237. The lowest BCUT2D eigenvalue weighted by Crippen LogP contribution is -2.45. The van der Waals surface area contributed by atoms with Crippen molar-refractivity contribution in [2.24, 2.45) is 5.92 Å². The summed E-state index contributed by atoms with van der Waals surface area (Å²) >= 11 is 5.82. The molecule has 74 valence electrons. The van der Waals surface area contributed by atoms with Gasteiger partial charge in [-0.05, 0) is 12.8 Å². The molecule has 0 bridgehead atoms. The van der Waals surface area contributed by atoms with Crippen LogP contribution in [-0.4, -0.2) is 18.0 Å². The normalized spacial score (nSPS) is 20.1. The van der Waals surface area contributed by atoms with Crippen molar-refractivity contribution in [3.63, 3.8) is 0 Å². The lowest BCUT2D eigenvalue weighted by Gasteiger charge is -2.27. The SMILES string of the molecule is CCC(C)C(C)(Cl)NS(=O)(=O)O. The highest BCUT2D eigenvalue weighted by Crippen LogP contribution is 2.24. The van der Waals surface area contributed by atoms with Crippen molar-refractivity contribution in [3.05, 3.63) is 0 Å². The lowest BCUT2D eigenvalue weighted by atomic mass is 10.0. The van der Waals surface area contributed by atoms with Gasteiger partial charge in [0.2, 0.25) is 0 Å². The highest BCUT2D eigenvalue weighted by molar-refractivity contribution is 7.83. The minimum atomic E-state index is -4.22. The molecule has 12 heavy (non-hydrogen) atoms. The molecule has 0 rings (SSSR count). The largest absolute Gasteiger partial charge is 0.334 e. The molecule has 2 N–H and O–H groups in total. The second kappa shape index (κ2) is 3.91. The van der Waals surface area contributed by atoms with Gasteiger partial charge in [-0.3, -0.25) is 4.55 Å². The van der Waals surface area contributed by atoms with Crippen LogP contribution in [0.3, 0.4) is 0 Å². The molecular formula is C6H14ClNO3S. The van der Waals surface area contributed by atoms with Crippen LogP contribution in [0.2, 0.25) is 0 Å². The summed E-state index contributed by atoms with van der Waals surface area (Å²) in [6.45, 7) is 5.19. The van der Waals surface area contributed by atoms with E-state index in [1.54, 1.807) is 6.92 Å². The summed E-state index contributed by atoms with van der Waals surface area (Å²) in [5.41, 5.74) is 0. The van der Waals surface area contributed by atoms with E-state index in [9.17, 15) is 8.42 Å². The third-order valence-electron chi connectivity index (χ3n) is 1.87. The van der Waals surface area contributed by atoms with Gasteiger partial charge in [0, 0.05) is 0 Å². The number of alkyl halides is 1. The first-order valence-corrected chi connectivity index (χ1v) is 5.46. The minimum absolute atomic E-state index is 0.0545. The molecule has 0 radical (unpaired) electrons. The summed E-state index contributed by atoms with van der Waals surface area (Å²) in [5.74, 6) is -0.0545. The number of rotatable bonds is 4. The third kappa shape index (κ3) is 4.25. The molecule has 0 fully saturated rings. The Kier molecular flexibility index (Phi) is 3.96. The Balaban J connectivity index is 4.43. The van der Waals surface area contributed by atoms with Crippen LogP contribution in [0, 0.1) is 5.92 Å². The van der Waals surface area contributed by atoms with Crippen LogP contribution < -0.4 is 4.72 Å². The molecule has 0 aliphatic heterocycles. The Morgan fingerprint density at radius 1 is 1.67 bits per heavy atom. The van der Waals surface area contributed by atoms with Crippen LogP contribution in [0.15, 0.2) is 0 Å². The average molecular weight is 216 g/mol. The molecule has 0 heterocycles. The molecule has 4 nitrogen and oxygen atoms in total. The summed E-state index contributed by atoms with van der Waals surface area (Å²) in [5, 5.41) is 0. The molecule has 6 heteroatoms. The molecule has 0 amide bonds. The van der Waals surface area contributed by atoms with Crippen LogP contribution in [-0.2, 0) is 10.3 Å². The first-order valence-electron chi connectivity index (χ1n) is 3.64. The summed E-state index contributed by atoms with van der Waals surface area (Å²) in [4.78, 5) is -1.12. The van der Waals surface area contributed by atoms with Gasteiger partial charge in [0.1, 0.15) is 5.00 Å². The topological polar surface area (TPSA) is 66.4 Å². The predicted molar refractivity (Wildman–Crippen MR) is 48.4 cm³/mol. The summed E-state index contributed by atoms with van der Waals surface area (Å²) < 4.78 is 31.3. The molecule has 0 aromatic rings. The van der Waals surface area contributed by atoms with Crippen LogP contribution >= 0.6 is 11.6 Å². The predicted octanol–water partition coefficient (Wildman–Crippen LogP) is 1.38. The zero-order chi connectivity index (χ0) is 9.99. The average Bonchev–Trinajstić information content (AvgIpc) is 1.80. The van der Waals surface area contributed by atoms with Crippen molar-refractivity contribution in [2.75, 3.05) is 0 Å². The molecule has 0 aliphatic rings. The van der Waals surface area contributed by atoms with Gasteiger partial charge in [-0.1, -0.05) is 20.3 Å². The fourth-order valence-electron chi connectivity index (χ4n) is 0.736. The molecule has 0 saturated carbocycles. The van der Waals surface area contributed by atoms with Crippen molar-refractivity contribution >= 4 is 21.9 Å². The monoisotopic (exact) mass is 215 g/mol. The van der Waals surface area contributed by atoms with Gasteiger partial charge in [-0.15, -0.1) is 11.6 Å². The van der Waals surface area contributed by atoms with E-state index in [0.29, 0.717) is 0 Å². The smallest absolute Gasteiger partial charge is 0.273 e. The number of hydrogen-bond donors (Lipinski definition) is 2. The first kappa shape index (κ1) is 12.2. The van der Waals surface area contributed by atoms with E-state index in [4.69, 9.17) is 16.2 Å². The first-order chi connectivity index (χ1) is 5.19. The van der Waals surface area contributed by atoms with Gasteiger partial charge < -0.3 is 0 Å². The van der Waals surface area contributed by atoms with E-state index in [-0.39, 0.29) is 5.92 Å². The molecule has 2 atom stereocenters. The van der Waals surface area contributed by atoms with Crippen molar-refractivity contribution in [2.45, 2.75) is 32.2 Å². The summed E-state index contributed by atoms with van der Waals surface area (Å²) in [6.07, 6.45) is 0.725. The highest BCUT2D eigenvalue weighted by Gasteiger charge is 2.31. The van der Waals surface area contributed by atoms with E-state index < -0.39 is 15.3 Å². The summed E-state index contributed by atoms with van der Waals surface area (Å²) in [6, 6.07) is 0. The second-order valence-electron chi connectivity index (χ2n) is 2.96. The third-order valence-corrected chi connectivity index (χ3v) is 3.13. The minimum Gasteiger partial charge on any atom is -0.273 e. The molecular weight excluding hydrogens is 202 g/mol. The molecule has 0 saturated heterocycles. The van der Waals surface area contributed by atoms with E-state index in [0.717, 1.165) is 6.42 Å². The van der Waals surface area contributed by atoms with Gasteiger partial charge >= 0.3 is 10.3 Å². The maximum atomic E-state index is 10.4. The summed E-state index contributed by atoms with van der Waals surface area (Å²) in [7, 11) is -4.22. The Hall–Kier alpha value is 0.160. The maximum Gasteiger partial charge on any atom is 0.334 e. The standard InChI is InChI=1S/C6H14ClNO3S/c1-4-5(2)6(3,7)8-12(9,10)11/h5,8H,4H2,1-3H3,(H,9,10,11).